The Bertz CT molecular complexity index is 540. The fourth-order valence-electron chi connectivity index (χ4n) is 1.46. The molecule has 0 spiro atoms. The molecule has 0 unspecified atom stereocenters. The van der Waals surface area contributed by atoms with Crippen LogP contribution in [0.2, 0.25) is 5.02 Å². The van der Waals surface area contributed by atoms with Gasteiger partial charge in [-0.25, -0.2) is 0 Å². The van der Waals surface area contributed by atoms with E-state index in [1.54, 1.807) is 42.6 Å². The van der Waals surface area contributed by atoms with Gasteiger partial charge in [-0.05, 0) is 30.3 Å². The third kappa shape index (κ3) is 2.63. The van der Waals surface area contributed by atoms with Crippen molar-refractivity contribution in [3.8, 4) is 5.75 Å². The van der Waals surface area contributed by atoms with Gasteiger partial charge in [-0.1, -0.05) is 17.7 Å². The SMILES string of the molecule is COc1cc(Cl)cc(C(=O)c2ccccn2)c1. The number of methoxy groups -OCH3 is 1. The van der Waals surface area contributed by atoms with Gasteiger partial charge in [0.05, 0.1) is 7.11 Å². The highest BCUT2D eigenvalue weighted by Crippen LogP contribution is 2.22. The lowest BCUT2D eigenvalue weighted by atomic mass is 10.1. The molecule has 3 nitrogen and oxygen atoms in total. The number of pyridine rings is 1. The predicted octanol–water partition coefficient (Wildman–Crippen LogP) is 2.97. The van der Waals surface area contributed by atoms with Crippen LogP contribution >= 0.6 is 11.6 Å². The number of nitrogens with zero attached hydrogens (tertiary/aromatic N) is 1. The Hall–Kier alpha value is -1.87. The van der Waals surface area contributed by atoms with Crippen LogP contribution in [0.5, 0.6) is 5.75 Å². The van der Waals surface area contributed by atoms with E-state index in [-0.39, 0.29) is 5.78 Å². The molecule has 2 rings (SSSR count). The van der Waals surface area contributed by atoms with E-state index in [2.05, 4.69) is 4.98 Å². The molecule has 0 aliphatic rings. The molecule has 0 saturated heterocycles. The van der Waals surface area contributed by atoms with Crippen molar-refractivity contribution in [3.05, 3.63) is 58.9 Å². The molecule has 0 N–H and O–H groups in total. The minimum absolute atomic E-state index is 0.175. The Kier molecular flexibility index (Phi) is 3.40. The quantitative estimate of drug-likeness (QED) is 0.783. The third-order valence-electron chi connectivity index (χ3n) is 2.27. The lowest BCUT2D eigenvalue weighted by Gasteiger charge is -2.04. The second kappa shape index (κ2) is 4.97. The fourth-order valence-corrected chi connectivity index (χ4v) is 1.68. The minimum Gasteiger partial charge on any atom is -0.497 e. The van der Waals surface area contributed by atoms with Crippen molar-refractivity contribution < 1.29 is 9.53 Å². The zero-order valence-electron chi connectivity index (χ0n) is 9.18. The molecule has 86 valence electrons. The number of ketones is 1. The van der Waals surface area contributed by atoms with Crippen LogP contribution in [0.15, 0.2) is 42.6 Å². The van der Waals surface area contributed by atoms with Gasteiger partial charge in [0.2, 0.25) is 5.78 Å². The topological polar surface area (TPSA) is 39.2 Å². The summed E-state index contributed by atoms with van der Waals surface area (Å²) in [5.41, 5.74) is 0.852. The van der Waals surface area contributed by atoms with Crippen molar-refractivity contribution in [2.24, 2.45) is 0 Å². The number of hydrogen-bond donors (Lipinski definition) is 0. The first-order valence-corrected chi connectivity index (χ1v) is 5.39. The number of hydrogen-bond acceptors (Lipinski definition) is 3. The van der Waals surface area contributed by atoms with E-state index in [4.69, 9.17) is 16.3 Å². The van der Waals surface area contributed by atoms with Crippen molar-refractivity contribution in [3.63, 3.8) is 0 Å². The van der Waals surface area contributed by atoms with Crippen LogP contribution in [0.4, 0.5) is 0 Å². The molecule has 0 aliphatic heterocycles. The van der Waals surface area contributed by atoms with Crippen molar-refractivity contribution in [1.82, 2.24) is 4.98 Å². The molecule has 0 bridgehead atoms. The molecule has 0 aliphatic carbocycles. The van der Waals surface area contributed by atoms with E-state index in [9.17, 15) is 4.79 Å². The first kappa shape index (κ1) is 11.6. The second-order valence-electron chi connectivity index (χ2n) is 3.42. The number of benzene rings is 1. The molecule has 0 atom stereocenters. The molecule has 2 aromatic rings. The van der Waals surface area contributed by atoms with Crippen molar-refractivity contribution in [1.29, 1.82) is 0 Å². The van der Waals surface area contributed by atoms with E-state index in [0.29, 0.717) is 22.0 Å². The standard InChI is InChI=1S/C13H10ClNO2/c1-17-11-7-9(6-10(14)8-11)13(16)12-4-2-3-5-15-12/h2-8H,1H3. The van der Waals surface area contributed by atoms with Gasteiger partial charge in [-0.3, -0.25) is 9.78 Å². The van der Waals surface area contributed by atoms with Gasteiger partial charge >= 0.3 is 0 Å². The van der Waals surface area contributed by atoms with Crippen LogP contribution in [0.25, 0.3) is 0 Å². The highest BCUT2D eigenvalue weighted by molar-refractivity contribution is 6.31. The van der Waals surface area contributed by atoms with Gasteiger partial charge in [0.25, 0.3) is 0 Å². The molecule has 4 heteroatoms. The molecule has 1 aromatic carbocycles. The van der Waals surface area contributed by atoms with Crippen molar-refractivity contribution >= 4 is 17.4 Å². The number of ether oxygens (including phenoxy) is 1. The van der Waals surface area contributed by atoms with E-state index >= 15 is 0 Å². The van der Waals surface area contributed by atoms with Gasteiger partial charge in [0, 0.05) is 16.8 Å². The van der Waals surface area contributed by atoms with Gasteiger partial charge in [0.15, 0.2) is 0 Å². The molecule has 0 fully saturated rings. The molecule has 1 heterocycles. The number of aromatic nitrogens is 1. The summed E-state index contributed by atoms with van der Waals surface area (Å²) in [6.45, 7) is 0. The predicted molar refractivity (Wildman–Crippen MR) is 65.7 cm³/mol. The second-order valence-corrected chi connectivity index (χ2v) is 3.86. The number of rotatable bonds is 3. The number of halogens is 1. The summed E-state index contributed by atoms with van der Waals surface area (Å²) >= 11 is 5.91. The zero-order chi connectivity index (χ0) is 12.3. The first-order chi connectivity index (χ1) is 8.20. The molecular formula is C13H10ClNO2. The van der Waals surface area contributed by atoms with Crippen molar-refractivity contribution in [2.75, 3.05) is 7.11 Å². The lowest BCUT2D eigenvalue weighted by Crippen LogP contribution is -2.03. The average molecular weight is 248 g/mol. The Morgan fingerprint density at radius 2 is 2.12 bits per heavy atom. The van der Waals surface area contributed by atoms with Crippen LogP contribution in [0.1, 0.15) is 16.1 Å². The molecular weight excluding hydrogens is 238 g/mol. The maximum Gasteiger partial charge on any atom is 0.211 e. The van der Waals surface area contributed by atoms with Gasteiger partial charge < -0.3 is 4.74 Å². The Balaban J connectivity index is 2.41. The van der Waals surface area contributed by atoms with Crippen LogP contribution < -0.4 is 4.74 Å². The summed E-state index contributed by atoms with van der Waals surface area (Å²) in [5.74, 6) is 0.378. The summed E-state index contributed by atoms with van der Waals surface area (Å²) in [7, 11) is 1.53. The summed E-state index contributed by atoms with van der Waals surface area (Å²) in [4.78, 5) is 16.1. The summed E-state index contributed by atoms with van der Waals surface area (Å²) < 4.78 is 5.06. The Morgan fingerprint density at radius 1 is 1.29 bits per heavy atom. The minimum atomic E-state index is -0.175. The van der Waals surface area contributed by atoms with Gasteiger partial charge in [-0.2, -0.15) is 0 Å². The zero-order valence-corrected chi connectivity index (χ0v) is 9.94. The average Bonchev–Trinajstić information content (AvgIpc) is 2.38. The van der Waals surface area contributed by atoms with Crippen LogP contribution in [-0.4, -0.2) is 17.9 Å². The summed E-state index contributed by atoms with van der Waals surface area (Å²) in [6.07, 6.45) is 1.58. The van der Waals surface area contributed by atoms with Crippen LogP contribution in [0, 0.1) is 0 Å². The van der Waals surface area contributed by atoms with E-state index < -0.39 is 0 Å². The highest BCUT2D eigenvalue weighted by Gasteiger charge is 2.11. The molecule has 0 amide bonds. The van der Waals surface area contributed by atoms with Gasteiger partial charge in [-0.15, -0.1) is 0 Å². The van der Waals surface area contributed by atoms with Crippen LogP contribution in [0.3, 0.4) is 0 Å². The number of carbonyl (C=O) groups is 1. The van der Waals surface area contributed by atoms with Gasteiger partial charge in [0.1, 0.15) is 11.4 Å². The number of carbonyl (C=O) groups excluding carboxylic acids is 1. The highest BCUT2D eigenvalue weighted by atomic mass is 35.5. The maximum absolute atomic E-state index is 12.1. The van der Waals surface area contributed by atoms with Crippen molar-refractivity contribution in [2.45, 2.75) is 0 Å². The molecule has 17 heavy (non-hydrogen) atoms. The smallest absolute Gasteiger partial charge is 0.211 e. The molecule has 0 radical (unpaired) electrons. The third-order valence-corrected chi connectivity index (χ3v) is 2.48. The summed E-state index contributed by atoms with van der Waals surface area (Å²) in [5, 5.41) is 0.462. The summed E-state index contributed by atoms with van der Waals surface area (Å²) in [6, 6.07) is 10.1. The van der Waals surface area contributed by atoms with E-state index in [1.807, 2.05) is 0 Å². The van der Waals surface area contributed by atoms with E-state index in [0.717, 1.165) is 0 Å². The Labute approximate surface area is 104 Å². The Morgan fingerprint density at radius 3 is 2.76 bits per heavy atom. The monoisotopic (exact) mass is 247 g/mol. The largest absolute Gasteiger partial charge is 0.497 e. The normalized spacial score (nSPS) is 10.0. The fraction of sp³-hybridized carbons (Fsp3) is 0.0769. The lowest BCUT2D eigenvalue weighted by molar-refractivity contribution is 0.103. The molecule has 1 aromatic heterocycles. The molecule has 0 saturated carbocycles. The first-order valence-electron chi connectivity index (χ1n) is 5.01. The maximum atomic E-state index is 12.1. The van der Waals surface area contributed by atoms with Crippen LogP contribution in [-0.2, 0) is 0 Å². The van der Waals surface area contributed by atoms with E-state index in [1.165, 1.54) is 7.11 Å².